The molecule has 0 atom stereocenters. The van der Waals surface area contributed by atoms with Gasteiger partial charge in [-0.1, -0.05) is 48.0 Å². The summed E-state index contributed by atoms with van der Waals surface area (Å²) in [7, 11) is 0. The normalized spacial score (nSPS) is 10.3. The van der Waals surface area contributed by atoms with Crippen LogP contribution in [0.4, 0.5) is 0 Å². The van der Waals surface area contributed by atoms with E-state index in [4.69, 9.17) is 4.74 Å². The number of amides is 1. The molecule has 22 heavy (non-hydrogen) atoms. The third kappa shape index (κ3) is 4.62. The van der Waals surface area contributed by atoms with Gasteiger partial charge in [-0.15, -0.1) is 0 Å². The van der Waals surface area contributed by atoms with E-state index in [1.165, 1.54) is 11.1 Å². The van der Waals surface area contributed by atoms with Gasteiger partial charge in [0.15, 0.2) is 6.61 Å². The van der Waals surface area contributed by atoms with Crippen LogP contribution in [0, 0.1) is 20.8 Å². The van der Waals surface area contributed by atoms with Gasteiger partial charge < -0.3 is 10.1 Å². The molecule has 116 valence electrons. The minimum atomic E-state index is -0.0877. The van der Waals surface area contributed by atoms with Gasteiger partial charge in [0, 0.05) is 6.54 Å². The maximum absolute atomic E-state index is 11.9. The van der Waals surface area contributed by atoms with E-state index in [2.05, 4.69) is 36.5 Å². The monoisotopic (exact) mass is 297 g/mol. The Balaban J connectivity index is 1.79. The van der Waals surface area contributed by atoms with Crippen molar-refractivity contribution in [2.75, 3.05) is 13.2 Å². The summed E-state index contributed by atoms with van der Waals surface area (Å²) in [6, 6.07) is 14.2. The fourth-order valence-electron chi connectivity index (χ4n) is 2.57. The lowest BCUT2D eigenvalue weighted by molar-refractivity contribution is -0.123. The van der Waals surface area contributed by atoms with E-state index in [9.17, 15) is 4.79 Å². The molecule has 0 unspecified atom stereocenters. The number of hydrogen-bond donors (Lipinski definition) is 1. The molecule has 0 bridgehead atoms. The first-order valence-corrected chi connectivity index (χ1v) is 7.57. The SMILES string of the molecule is Cc1cc(C)c(OCC(=O)NCCc2ccccc2)c(C)c1. The van der Waals surface area contributed by atoms with Crippen molar-refractivity contribution in [1.29, 1.82) is 0 Å². The van der Waals surface area contributed by atoms with Crippen LogP contribution in [0.2, 0.25) is 0 Å². The van der Waals surface area contributed by atoms with Crippen LogP contribution in [-0.2, 0) is 11.2 Å². The number of hydrogen-bond acceptors (Lipinski definition) is 2. The Morgan fingerprint density at radius 2 is 1.68 bits per heavy atom. The highest BCUT2D eigenvalue weighted by Crippen LogP contribution is 2.24. The Morgan fingerprint density at radius 1 is 1.05 bits per heavy atom. The first kappa shape index (κ1) is 16.1. The van der Waals surface area contributed by atoms with Crippen LogP contribution >= 0.6 is 0 Å². The Kier molecular flexibility index (Phi) is 5.59. The van der Waals surface area contributed by atoms with E-state index >= 15 is 0 Å². The number of rotatable bonds is 6. The zero-order valence-corrected chi connectivity index (χ0v) is 13.5. The van der Waals surface area contributed by atoms with Crippen LogP contribution in [-0.4, -0.2) is 19.1 Å². The molecular weight excluding hydrogens is 274 g/mol. The first-order valence-electron chi connectivity index (χ1n) is 7.57. The number of carbonyl (C=O) groups excluding carboxylic acids is 1. The number of nitrogens with one attached hydrogen (secondary N) is 1. The highest BCUT2D eigenvalue weighted by Gasteiger charge is 2.08. The predicted molar refractivity (Wildman–Crippen MR) is 89.3 cm³/mol. The molecule has 0 saturated carbocycles. The highest BCUT2D eigenvalue weighted by molar-refractivity contribution is 5.77. The Bertz CT molecular complexity index is 612. The standard InChI is InChI=1S/C19H23NO2/c1-14-11-15(2)19(16(3)12-14)22-13-18(21)20-10-9-17-7-5-4-6-8-17/h4-8,11-12H,9-10,13H2,1-3H3,(H,20,21). The summed E-state index contributed by atoms with van der Waals surface area (Å²) in [5.74, 6) is 0.721. The lowest BCUT2D eigenvalue weighted by Gasteiger charge is -2.13. The fraction of sp³-hybridized carbons (Fsp3) is 0.316. The molecule has 2 aromatic rings. The molecule has 0 spiro atoms. The molecule has 3 heteroatoms. The van der Waals surface area contributed by atoms with E-state index in [0.29, 0.717) is 6.54 Å². The van der Waals surface area contributed by atoms with E-state index < -0.39 is 0 Å². The van der Waals surface area contributed by atoms with Crippen molar-refractivity contribution < 1.29 is 9.53 Å². The maximum Gasteiger partial charge on any atom is 0.257 e. The molecule has 0 aliphatic rings. The van der Waals surface area contributed by atoms with Gasteiger partial charge in [-0.25, -0.2) is 0 Å². The number of aryl methyl sites for hydroxylation is 3. The second-order valence-corrected chi connectivity index (χ2v) is 5.60. The molecule has 0 aliphatic heterocycles. The largest absolute Gasteiger partial charge is 0.483 e. The zero-order chi connectivity index (χ0) is 15.9. The van der Waals surface area contributed by atoms with Crippen LogP contribution in [0.15, 0.2) is 42.5 Å². The van der Waals surface area contributed by atoms with Gasteiger partial charge in [0.2, 0.25) is 0 Å². The van der Waals surface area contributed by atoms with Crippen molar-refractivity contribution in [2.45, 2.75) is 27.2 Å². The van der Waals surface area contributed by atoms with Gasteiger partial charge in [0.1, 0.15) is 5.75 Å². The van der Waals surface area contributed by atoms with Gasteiger partial charge >= 0.3 is 0 Å². The summed E-state index contributed by atoms with van der Waals surface area (Å²) in [6.07, 6.45) is 0.829. The van der Waals surface area contributed by atoms with Gasteiger partial charge in [0.25, 0.3) is 5.91 Å². The van der Waals surface area contributed by atoms with Crippen LogP contribution in [0.25, 0.3) is 0 Å². The van der Waals surface area contributed by atoms with Crippen molar-refractivity contribution in [3.63, 3.8) is 0 Å². The van der Waals surface area contributed by atoms with Gasteiger partial charge in [0.05, 0.1) is 0 Å². The van der Waals surface area contributed by atoms with Crippen LogP contribution < -0.4 is 10.1 Å². The number of ether oxygens (including phenoxy) is 1. The average Bonchev–Trinajstić information content (AvgIpc) is 2.47. The zero-order valence-electron chi connectivity index (χ0n) is 13.5. The lowest BCUT2D eigenvalue weighted by atomic mass is 10.1. The second kappa shape index (κ2) is 7.64. The molecule has 1 N–H and O–H groups in total. The lowest BCUT2D eigenvalue weighted by Crippen LogP contribution is -2.30. The third-order valence-corrected chi connectivity index (χ3v) is 3.53. The van der Waals surface area contributed by atoms with Crippen LogP contribution in [0.5, 0.6) is 5.75 Å². The quantitative estimate of drug-likeness (QED) is 0.888. The molecule has 2 aromatic carbocycles. The first-order chi connectivity index (χ1) is 10.6. The minimum absolute atomic E-state index is 0.0551. The maximum atomic E-state index is 11.9. The molecule has 0 aromatic heterocycles. The summed E-state index contributed by atoms with van der Waals surface area (Å²) in [5, 5.41) is 2.89. The molecule has 0 heterocycles. The summed E-state index contributed by atoms with van der Waals surface area (Å²) in [5.41, 5.74) is 4.55. The topological polar surface area (TPSA) is 38.3 Å². The fourth-order valence-corrected chi connectivity index (χ4v) is 2.57. The molecule has 0 saturated heterocycles. The average molecular weight is 297 g/mol. The summed E-state index contributed by atoms with van der Waals surface area (Å²) >= 11 is 0. The van der Waals surface area contributed by atoms with E-state index in [-0.39, 0.29) is 12.5 Å². The minimum Gasteiger partial charge on any atom is -0.483 e. The van der Waals surface area contributed by atoms with Crippen molar-refractivity contribution >= 4 is 5.91 Å². The smallest absolute Gasteiger partial charge is 0.257 e. The molecule has 0 fully saturated rings. The van der Waals surface area contributed by atoms with Crippen molar-refractivity contribution in [1.82, 2.24) is 5.32 Å². The van der Waals surface area contributed by atoms with Crippen LogP contribution in [0.1, 0.15) is 22.3 Å². The van der Waals surface area contributed by atoms with E-state index in [0.717, 1.165) is 23.3 Å². The van der Waals surface area contributed by atoms with Gasteiger partial charge in [-0.3, -0.25) is 4.79 Å². The summed E-state index contributed by atoms with van der Waals surface area (Å²) in [6.45, 7) is 6.74. The third-order valence-electron chi connectivity index (χ3n) is 3.53. The molecule has 2 rings (SSSR count). The molecule has 3 nitrogen and oxygen atoms in total. The Morgan fingerprint density at radius 3 is 2.32 bits per heavy atom. The van der Waals surface area contributed by atoms with Gasteiger partial charge in [-0.2, -0.15) is 0 Å². The van der Waals surface area contributed by atoms with E-state index in [1.807, 2.05) is 32.0 Å². The van der Waals surface area contributed by atoms with E-state index in [1.54, 1.807) is 0 Å². The van der Waals surface area contributed by atoms with Gasteiger partial charge in [-0.05, 0) is 43.9 Å². The number of benzene rings is 2. The van der Waals surface area contributed by atoms with Crippen molar-refractivity contribution in [3.8, 4) is 5.75 Å². The predicted octanol–water partition coefficient (Wildman–Crippen LogP) is 3.35. The highest BCUT2D eigenvalue weighted by atomic mass is 16.5. The Hall–Kier alpha value is -2.29. The Labute approximate surface area is 132 Å². The number of carbonyl (C=O) groups is 1. The molecule has 0 radical (unpaired) electrons. The van der Waals surface area contributed by atoms with Crippen molar-refractivity contribution in [2.24, 2.45) is 0 Å². The van der Waals surface area contributed by atoms with Crippen molar-refractivity contribution in [3.05, 3.63) is 64.7 Å². The molecular formula is C19H23NO2. The second-order valence-electron chi connectivity index (χ2n) is 5.60. The summed E-state index contributed by atoms with van der Waals surface area (Å²) in [4.78, 5) is 11.9. The van der Waals surface area contributed by atoms with Crippen LogP contribution in [0.3, 0.4) is 0 Å². The molecule has 0 aliphatic carbocycles. The molecule has 1 amide bonds. The summed E-state index contributed by atoms with van der Waals surface area (Å²) < 4.78 is 5.68.